The zero-order valence-corrected chi connectivity index (χ0v) is 12.5. The van der Waals surface area contributed by atoms with Gasteiger partial charge in [0.25, 0.3) is 0 Å². The van der Waals surface area contributed by atoms with Crippen LogP contribution in [0.3, 0.4) is 0 Å². The average Bonchev–Trinajstić information content (AvgIpc) is 2.97. The predicted molar refractivity (Wildman–Crippen MR) is 78.9 cm³/mol. The third kappa shape index (κ3) is 3.71. The number of nitrogens with zero attached hydrogens (tertiary/aromatic N) is 1. The van der Waals surface area contributed by atoms with Crippen LogP contribution < -0.4 is 5.32 Å². The van der Waals surface area contributed by atoms with Gasteiger partial charge in [-0.05, 0) is 57.2 Å². The van der Waals surface area contributed by atoms with E-state index in [0.29, 0.717) is 0 Å². The lowest BCUT2D eigenvalue weighted by atomic mass is 9.93. The minimum absolute atomic E-state index is 0.797. The lowest BCUT2D eigenvalue weighted by Crippen LogP contribution is -2.41. The SMILES string of the molecule is CCCCN(CCCC)CC1NCC2CCCC21. The van der Waals surface area contributed by atoms with Gasteiger partial charge in [-0.1, -0.05) is 33.1 Å². The first-order valence-electron chi connectivity index (χ1n) is 8.30. The van der Waals surface area contributed by atoms with E-state index in [2.05, 4.69) is 24.1 Å². The van der Waals surface area contributed by atoms with Gasteiger partial charge in [-0.15, -0.1) is 0 Å². The lowest BCUT2D eigenvalue weighted by Gasteiger charge is -2.28. The van der Waals surface area contributed by atoms with E-state index in [1.807, 2.05) is 0 Å². The van der Waals surface area contributed by atoms with Crippen molar-refractivity contribution >= 4 is 0 Å². The van der Waals surface area contributed by atoms with E-state index in [-0.39, 0.29) is 0 Å². The van der Waals surface area contributed by atoms with E-state index in [1.165, 1.54) is 71.1 Å². The molecule has 0 bridgehead atoms. The molecule has 2 nitrogen and oxygen atoms in total. The molecule has 1 aliphatic heterocycles. The molecule has 1 saturated carbocycles. The van der Waals surface area contributed by atoms with Gasteiger partial charge in [0, 0.05) is 12.6 Å². The second-order valence-electron chi connectivity index (χ2n) is 6.38. The summed E-state index contributed by atoms with van der Waals surface area (Å²) in [5.41, 5.74) is 0. The Morgan fingerprint density at radius 1 is 1.06 bits per heavy atom. The maximum absolute atomic E-state index is 3.80. The normalized spacial score (nSPS) is 31.2. The number of fused-ring (bicyclic) bond motifs is 1. The van der Waals surface area contributed by atoms with Crippen LogP contribution in [0.15, 0.2) is 0 Å². The molecule has 1 heterocycles. The number of hydrogen-bond acceptors (Lipinski definition) is 2. The summed E-state index contributed by atoms with van der Waals surface area (Å²) in [5.74, 6) is 2.00. The van der Waals surface area contributed by atoms with Gasteiger partial charge in [-0.2, -0.15) is 0 Å². The first-order valence-corrected chi connectivity index (χ1v) is 8.30. The van der Waals surface area contributed by atoms with Crippen molar-refractivity contribution in [1.29, 1.82) is 0 Å². The second kappa shape index (κ2) is 7.49. The van der Waals surface area contributed by atoms with Crippen molar-refractivity contribution in [1.82, 2.24) is 10.2 Å². The van der Waals surface area contributed by atoms with E-state index in [0.717, 1.165) is 17.9 Å². The number of hydrogen-bond donors (Lipinski definition) is 1. The van der Waals surface area contributed by atoms with Gasteiger partial charge in [-0.3, -0.25) is 0 Å². The maximum Gasteiger partial charge on any atom is 0.0226 e. The number of rotatable bonds is 8. The molecular weight excluding hydrogens is 220 g/mol. The molecule has 3 unspecified atom stereocenters. The smallest absolute Gasteiger partial charge is 0.0226 e. The Hall–Kier alpha value is -0.0800. The fraction of sp³-hybridized carbons (Fsp3) is 1.00. The van der Waals surface area contributed by atoms with E-state index in [4.69, 9.17) is 0 Å². The molecule has 2 rings (SSSR count). The van der Waals surface area contributed by atoms with Gasteiger partial charge in [0.2, 0.25) is 0 Å². The van der Waals surface area contributed by atoms with Crippen LogP contribution in [0.5, 0.6) is 0 Å². The van der Waals surface area contributed by atoms with Gasteiger partial charge >= 0.3 is 0 Å². The molecule has 2 heteroatoms. The second-order valence-corrected chi connectivity index (χ2v) is 6.38. The van der Waals surface area contributed by atoms with Crippen LogP contribution in [0.2, 0.25) is 0 Å². The molecule has 1 aliphatic carbocycles. The molecule has 2 aliphatic rings. The third-order valence-electron chi connectivity index (χ3n) is 4.99. The van der Waals surface area contributed by atoms with Crippen molar-refractivity contribution in [3.8, 4) is 0 Å². The molecule has 3 atom stereocenters. The highest BCUT2D eigenvalue weighted by atomic mass is 15.2. The molecule has 0 aromatic carbocycles. The van der Waals surface area contributed by atoms with Gasteiger partial charge in [0.05, 0.1) is 0 Å². The van der Waals surface area contributed by atoms with Gasteiger partial charge < -0.3 is 10.2 Å². The van der Waals surface area contributed by atoms with Gasteiger partial charge in [-0.25, -0.2) is 0 Å². The van der Waals surface area contributed by atoms with Crippen molar-refractivity contribution in [2.45, 2.75) is 64.8 Å². The van der Waals surface area contributed by atoms with Crippen LogP contribution in [-0.2, 0) is 0 Å². The average molecular weight is 252 g/mol. The van der Waals surface area contributed by atoms with Gasteiger partial charge in [0.1, 0.15) is 0 Å². The molecule has 0 spiro atoms. The van der Waals surface area contributed by atoms with Gasteiger partial charge in [0.15, 0.2) is 0 Å². The van der Waals surface area contributed by atoms with Crippen LogP contribution in [-0.4, -0.2) is 37.1 Å². The lowest BCUT2D eigenvalue weighted by molar-refractivity contribution is 0.220. The summed E-state index contributed by atoms with van der Waals surface area (Å²) in [7, 11) is 0. The molecule has 0 radical (unpaired) electrons. The summed E-state index contributed by atoms with van der Waals surface area (Å²) in [5, 5.41) is 3.80. The standard InChI is InChI=1S/C16H32N2/c1-3-5-10-18(11-6-4-2)13-16-15-9-7-8-14(15)12-17-16/h14-17H,3-13H2,1-2H3. The fourth-order valence-electron chi connectivity index (χ4n) is 3.84. The molecule has 0 amide bonds. The maximum atomic E-state index is 3.80. The Kier molecular flexibility index (Phi) is 5.97. The van der Waals surface area contributed by atoms with Crippen molar-refractivity contribution < 1.29 is 0 Å². The zero-order chi connectivity index (χ0) is 12.8. The highest BCUT2D eigenvalue weighted by Crippen LogP contribution is 2.37. The predicted octanol–water partition coefficient (Wildman–Crippen LogP) is 3.28. The quantitative estimate of drug-likeness (QED) is 0.713. The topological polar surface area (TPSA) is 15.3 Å². The molecule has 1 N–H and O–H groups in total. The Balaban J connectivity index is 1.79. The molecule has 1 saturated heterocycles. The Morgan fingerprint density at radius 2 is 1.78 bits per heavy atom. The van der Waals surface area contributed by atoms with Crippen LogP contribution >= 0.6 is 0 Å². The zero-order valence-electron chi connectivity index (χ0n) is 12.5. The summed E-state index contributed by atoms with van der Waals surface area (Å²) < 4.78 is 0. The Morgan fingerprint density at radius 3 is 2.44 bits per heavy atom. The summed E-state index contributed by atoms with van der Waals surface area (Å²) >= 11 is 0. The highest BCUT2D eigenvalue weighted by Gasteiger charge is 2.39. The van der Waals surface area contributed by atoms with E-state index in [1.54, 1.807) is 0 Å². The Labute approximate surface area is 114 Å². The van der Waals surface area contributed by atoms with E-state index < -0.39 is 0 Å². The molecule has 106 valence electrons. The van der Waals surface area contributed by atoms with Crippen molar-refractivity contribution in [3.63, 3.8) is 0 Å². The van der Waals surface area contributed by atoms with Crippen LogP contribution in [0.1, 0.15) is 58.8 Å². The van der Waals surface area contributed by atoms with Crippen LogP contribution in [0, 0.1) is 11.8 Å². The fourth-order valence-corrected chi connectivity index (χ4v) is 3.84. The van der Waals surface area contributed by atoms with Crippen LogP contribution in [0.25, 0.3) is 0 Å². The summed E-state index contributed by atoms with van der Waals surface area (Å²) in [6, 6.07) is 0.797. The molecular formula is C16H32N2. The van der Waals surface area contributed by atoms with Crippen LogP contribution in [0.4, 0.5) is 0 Å². The first-order chi connectivity index (χ1) is 8.85. The molecule has 0 aromatic heterocycles. The number of unbranched alkanes of at least 4 members (excludes halogenated alkanes) is 2. The molecule has 2 fully saturated rings. The first kappa shape index (κ1) is 14.3. The van der Waals surface area contributed by atoms with Crippen molar-refractivity contribution in [2.75, 3.05) is 26.2 Å². The summed E-state index contributed by atoms with van der Waals surface area (Å²) in [6.45, 7) is 9.83. The molecule has 0 aromatic rings. The van der Waals surface area contributed by atoms with E-state index in [9.17, 15) is 0 Å². The largest absolute Gasteiger partial charge is 0.312 e. The minimum Gasteiger partial charge on any atom is -0.312 e. The monoisotopic (exact) mass is 252 g/mol. The van der Waals surface area contributed by atoms with Crippen molar-refractivity contribution in [3.05, 3.63) is 0 Å². The minimum atomic E-state index is 0.797. The summed E-state index contributed by atoms with van der Waals surface area (Å²) in [6.07, 6.45) is 9.84. The van der Waals surface area contributed by atoms with Crippen molar-refractivity contribution in [2.24, 2.45) is 11.8 Å². The van der Waals surface area contributed by atoms with E-state index >= 15 is 0 Å². The summed E-state index contributed by atoms with van der Waals surface area (Å²) in [4.78, 5) is 2.73. The third-order valence-corrected chi connectivity index (χ3v) is 4.99. The molecule has 18 heavy (non-hydrogen) atoms. The Bertz CT molecular complexity index is 221. The number of nitrogens with one attached hydrogen (secondary N) is 1. The highest BCUT2D eigenvalue weighted by molar-refractivity contribution is 4.95.